The second-order valence-corrected chi connectivity index (χ2v) is 4.77. The van der Waals surface area contributed by atoms with Crippen LogP contribution in [0.25, 0.3) is 0 Å². The molecule has 0 aliphatic carbocycles. The van der Waals surface area contributed by atoms with E-state index in [-0.39, 0.29) is 0 Å². The summed E-state index contributed by atoms with van der Waals surface area (Å²) >= 11 is 0. The molecule has 0 spiro atoms. The molecule has 0 radical (unpaired) electrons. The van der Waals surface area contributed by atoms with Crippen LogP contribution >= 0.6 is 0 Å². The fourth-order valence-electron chi connectivity index (χ4n) is 2.15. The van der Waals surface area contributed by atoms with E-state index < -0.39 is 0 Å². The normalized spacial score (nSPS) is 20.0. The van der Waals surface area contributed by atoms with E-state index in [1.54, 1.807) is 7.11 Å². The molecule has 1 fully saturated rings. The van der Waals surface area contributed by atoms with E-state index >= 15 is 0 Å². The molecule has 0 unspecified atom stereocenters. The van der Waals surface area contributed by atoms with E-state index in [4.69, 9.17) is 4.74 Å². The van der Waals surface area contributed by atoms with E-state index in [9.17, 15) is 0 Å². The number of piperidine rings is 1. The first kappa shape index (κ1) is 12.9. The third-order valence-corrected chi connectivity index (χ3v) is 3.30. The second-order valence-electron chi connectivity index (χ2n) is 4.77. The number of hydrogen-bond donors (Lipinski definition) is 1. The lowest BCUT2D eigenvalue weighted by Crippen LogP contribution is -2.41. The van der Waals surface area contributed by atoms with E-state index in [1.807, 2.05) is 0 Å². The molecular formula is C12H26N2O. The fraction of sp³-hybridized carbons (Fsp3) is 1.00. The van der Waals surface area contributed by atoms with Crippen LogP contribution in [0.1, 0.15) is 26.7 Å². The minimum absolute atomic E-state index is 0.715. The number of rotatable bonds is 6. The van der Waals surface area contributed by atoms with Crippen LogP contribution < -0.4 is 5.32 Å². The molecule has 1 aliphatic rings. The number of likely N-dealkylation sites (tertiary alicyclic amines) is 1. The summed E-state index contributed by atoms with van der Waals surface area (Å²) in [5.41, 5.74) is 0. The topological polar surface area (TPSA) is 24.5 Å². The number of nitrogens with zero attached hydrogens (tertiary/aromatic N) is 1. The van der Waals surface area contributed by atoms with E-state index in [0.29, 0.717) is 6.04 Å². The maximum absolute atomic E-state index is 5.01. The summed E-state index contributed by atoms with van der Waals surface area (Å²) in [6, 6.07) is 0.715. The van der Waals surface area contributed by atoms with Crippen molar-refractivity contribution in [2.75, 3.05) is 39.9 Å². The zero-order valence-electron chi connectivity index (χ0n) is 10.5. The molecule has 0 aromatic rings. The Kier molecular flexibility index (Phi) is 6.22. The molecular weight excluding hydrogens is 188 g/mol. The van der Waals surface area contributed by atoms with E-state index in [1.165, 1.54) is 25.9 Å². The van der Waals surface area contributed by atoms with Gasteiger partial charge in [-0.3, -0.25) is 0 Å². The minimum atomic E-state index is 0.715. The van der Waals surface area contributed by atoms with Gasteiger partial charge in [0.1, 0.15) is 0 Å². The lowest BCUT2D eigenvalue weighted by molar-refractivity contribution is 0.145. The monoisotopic (exact) mass is 214 g/mol. The quantitative estimate of drug-likeness (QED) is 0.675. The average molecular weight is 214 g/mol. The number of hydrogen-bond acceptors (Lipinski definition) is 3. The second kappa shape index (κ2) is 7.20. The molecule has 0 amide bonds. The smallest absolute Gasteiger partial charge is 0.0587 e. The van der Waals surface area contributed by atoms with Crippen molar-refractivity contribution in [3.8, 4) is 0 Å². The van der Waals surface area contributed by atoms with Crippen LogP contribution in [-0.2, 0) is 4.74 Å². The molecule has 1 N–H and O–H groups in total. The van der Waals surface area contributed by atoms with Gasteiger partial charge in [-0.1, -0.05) is 0 Å². The van der Waals surface area contributed by atoms with Gasteiger partial charge in [0.15, 0.2) is 0 Å². The Bertz CT molecular complexity index is 154. The lowest BCUT2D eigenvalue weighted by Gasteiger charge is -2.34. The van der Waals surface area contributed by atoms with Gasteiger partial charge >= 0.3 is 0 Å². The number of methoxy groups -OCH3 is 1. The highest BCUT2D eigenvalue weighted by molar-refractivity contribution is 4.75. The Morgan fingerprint density at radius 1 is 1.33 bits per heavy atom. The number of ether oxygens (including phenoxy) is 1. The predicted molar refractivity (Wildman–Crippen MR) is 64.2 cm³/mol. The van der Waals surface area contributed by atoms with Gasteiger partial charge in [-0.25, -0.2) is 0 Å². The highest BCUT2D eigenvalue weighted by atomic mass is 16.5. The molecule has 0 bridgehead atoms. The summed E-state index contributed by atoms with van der Waals surface area (Å²) in [6.45, 7) is 10.1. The molecule has 1 aliphatic heterocycles. The van der Waals surface area contributed by atoms with Crippen molar-refractivity contribution in [1.82, 2.24) is 10.2 Å². The van der Waals surface area contributed by atoms with Gasteiger partial charge in [-0.05, 0) is 52.2 Å². The molecule has 3 nitrogen and oxygen atoms in total. The average Bonchev–Trinajstić information content (AvgIpc) is 2.25. The van der Waals surface area contributed by atoms with Crippen LogP contribution in [-0.4, -0.2) is 50.8 Å². The van der Waals surface area contributed by atoms with Crippen molar-refractivity contribution in [2.45, 2.75) is 32.7 Å². The molecule has 15 heavy (non-hydrogen) atoms. The first-order valence-corrected chi connectivity index (χ1v) is 6.17. The Morgan fingerprint density at radius 3 is 2.53 bits per heavy atom. The summed E-state index contributed by atoms with van der Waals surface area (Å²) in [5, 5.41) is 3.46. The Morgan fingerprint density at radius 2 is 2.00 bits per heavy atom. The van der Waals surface area contributed by atoms with Crippen LogP contribution in [0, 0.1) is 5.92 Å². The Hall–Kier alpha value is -0.120. The van der Waals surface area contributed by atoms with Crippen LogP contribution in [0.5, 0.6) is 0 Å². The van der Waals surface area contributed by atoms with Gasteiger partial charge in [0, 0.05) is 19.7 Å². The standard InChI is InChI=1S/C12H26N2O/c1-11(2)14-7-4-12(5-8-14)10-13-6-9-15-3/h11-13H,4-10H2,1-3H3. The molecule has 1 saturated heterocycles. The molecule has 1 rings (SSSR count). The number of nitrogens with one attached hydrogen (secondary N) is 1. The van der Waals surface area contributed by atoms with Gasteiger partial charge in [0.25, 0.3) is 0 Å². The zero-order valence-corrected chi connectivity index (χ0v) is 10.5. The largest absolute Gasteiger partial charge is 0.383 e. The Labute approximate surface area is 94.2 Å². The summed E-state index contributed by atoms with van der Waals surface area (Å²) in [6.07, 6.45) is 2.69. The third-order valence-electron chi connectivity index (χ3n) is 3.30. The summed E-state index contributed by atoms with van der Waals surface area (Å²) < 4.78 is 5.01. The van der Waals surface area contributed by atoms with Crippen LogP contribution in [0.4, 0.5) is 0 Å². The van der Waals surface area contributed by atoms with E-state index in [0.717, 1.165) is 25.6 Å². The van der Waals surface area contributed by atoms with Crippen LogP contribution in [0.3, 0.4) is 0 Å². The summed E-state index contributed by atoms with van der Waals surface area (Å²) in [5.74, 6) is 0.872. The maximum atomic E-state index is 5.01. The Balaban J connectivity index is 2.04. The summed E-state index contributed by atoms with van der Waals surface area (Å²) in [7, 11) is 1.75. The summed E-state index contributed by atoms with van der Waals surface area (Å²) in [4.78, 5) is 2.58. The molecule has 3 heteroatoms. The fourth-order valence-corrected chi connectivity index (χ4v) is 2.15. The van der Waals surface area contributed by atoms with Gasteiger partial charge < -0.3 is 15.0 Å². The van der Waals surface area contributed by atoms with Gasteiger partial charge in [-0.2, -0.15) is 0 Å². The zero-order chi connectivity index (χ0) is 11.1. The minimum Gasteiger partial charge on any atom is -0.383 e. The molecule has 1 heterocycles. The molecule has 0 aromatic heterocycles. The third kappa shape index (κ3) is 4.96. The van der Waals surface area contributed by atoms with Crippen molar-refractivity contribution >= 4 is 0 Å². The highest BCUT2D eigenvalue weighted by Crippen LogP contribution is 2.17. The lowest BCUT2D eigenvalue weighted by atomic mass is 9.96. The highest BCUT2D eigenvalue weighted by Gasteiger charge is 2.19. The van der Waals surface area contributed by atoms with Gasteiger partial charge in [0.2, 0.25) is 0 Å². The van der Waals surface area contributed by atoms with Crippen molar-refractivity contribution in [1.29, 1.82) is 0 Å². The first-order chi connectivity index (χ1) is 7.24. The molecule has 0 atom stereocenters. The van der Waals surface area contributed by atoms with Crippen molar-refractivity contribution in [3.63, 3.8) is 0 Å². The molecule has 0 aromatic carbocycles. The van der Waals surface area contributed by atoms with Gasteiger partial charge in [-0.15, -0.1) is 0 Å². The molecule has 90 valence electrons. The van der Waals surface area contributed by atoms with Gasteiger partial charge in [0.05, 0.1) is 6.61 Å². The van der Waals surface area contributed by atoms with Crippen LogP contribution in [0.2, 0.25) is 0 Å². The van der Waals surface area contributed by atoms with Crippen molar-refractivity contribution < 1.29 is 4.74 Å². The van der Waals surface area contributed by atoms with Crippen molar-refractivity contribution in [2.24, 2.45) is 5.92 Å². The first-order valence-electron chi connectivity index (χ1n) is 6.17. The SMILES string of the molecule is COCCNCC1CCN(C(C)C)CC1. The predicted octanol–water partition coefficient (Wildman–Crippen LogP) is 1.34. The van der Waals surface area contributed by atoms with Crippen LogP contribution in [0.15, 0.2) is 0 Å². The molecule has 0 saturated carbocycles. The maximum Gasteiger partial charge on any atom is 0.0587 e. The van der Waals surface area contributed by atoms with E-state index in [2.05, 4.69) is 24.1 Å². The van der Waals surface area contributed by atoms with Crippen molar-refractivity contribution in [3.05, 3.63) is 0 Å².